The minimum absolute atomic E-state index is 0.537. The van der Waals surface area contributed by atoms with Crippen molar-refractivity contribution in [2.45, 2.75) is 6.54 Å². The van der Waals surface area contributed by atoms with Gasteiger partial charge in [0, 0.05) is 32.0 Å². The fraction of sp³-hybridized carbons (Fsp3) is 0.333. The lowest BCUT2D eigenvalue weighted by atomic mass is 10.2. The first-order valence-electron chi connectivity index (χ1n) is 8.52. The van der Waals surface area contributed by atoms with Gasteiger partial charge >= 0.3 is 0 Å². The van der Waals surface area contributed by atoms with Gasteiger partial charge in [0.15, 0.2) is 17.0 Å². The molecule has 3 heterocycles. The molecule has 26 heavy (non-hydrogen) atoms. The molecule has 1 aliphatic rings. The lowest BCUT2D eigenvalue weighted by molar-refractivity contribution is 0.122. The van der Waals surface area contributed by atoms with E-state index in [9.17, 15) is 0 Å². The van der Waals surface area contributed by atoms with Crippen LogP contribution in [0.4, 0.5) is 11.8 Å². The predicted molar refractivity (Wildman–Crippen MR) is 98.5 cm³/mol. The van der Waals surface area contributed by atoms with Crippen LogP contribution in [-0.2, 0) is 11.3 Å². The molecule has 0 unspecified atom stereocenters. The third-order valence-corrected chi connectivity index (χ3v) is 4.23. The molecule has 4 rings (SSSR count). The number of hydrogen-bond donors (Lipinski definition) is 1. The van der Waals surface area contributed by atoms with E-state index in [1.807, 2.05) is 24.3 Å². The van der Waals surface area contributed by atoms with Crippen LogP contribution in [0.1, 0.15) is 5.56 Å². The smallest absolute Gasteiger partial charge is 0.227 e. The summed E-state index contributed by atoms with van der Waals surface area (Å²) in [7, 11) is 1.66. The number of morpholine rings is 1. The number of hydrogen-bond acceptors (Lipinski definition) is 8. The number of methoxy groups -OCH3 is 1. The highest BCUT2D eigenvalue weighted by molar-refractivity contribution is 5.83. The van der Waals surface area contributed by atoms with Gasteiger partial charge in [-0.15, -0.1) is 0 Å². The Hall–Kier alpha value is -3.00. The molecule has 0 atom stereocenters. The molecule has 8 nitrogen and oxygen atoms in total. The van der Waals surface area contributed by atoms with Gasteiger partial charge in [-0.3, -0.25) is 0 Å². The minimum atomic E-state index is 0.537. The van der Waals surface area contributed by atoms with Gasteiger partial charge in [-0.2, -0.15) is 9.97 Å². The lowest BCUT2D eigenvalue weighted by Gasteiger charge is -2.28. The molecule has 0 bridgehead atoms. The molecule has 0 saturated carbocycles. The van der Waals surface area contributed by atoms with E-state index in [1.54, 1.807) is 19.5 Å². The van der Waals surface area contributed by atoms with Gasteiger partial charge in [0.25, 0.3) is 0 Å². The quantitative estimate of drug-likeness (QED) is 0.745. The molecule has 1 fully saturated rings. The molecule has 8 heteroatoms. The first-order valence-corrected chi connectivity index (χ1v) is 8.52. The molecule has 1 aliphatic heterocycles. The SMILES string of the molecule is COc1ccc(CNc2nc(N3CCOCC3)c3nccnc3n2)cc1. The summed E-state index contributed by atoms with van der Waals surface area (Å²) in [6.07, 6.45) is 3.31. The van der Waals surface area contributed by atoms with E-state index >= 15 is 0 Å². The fourth-order valence-electron chi connectivity index (χ4n) is 2.85. The largest absolute Gasteiger partial charge is 0.497 e. The maximum atomic E-state index is 5.44. The van der Waals surface area contributed by atoms with E-state index in [0.717, 1.165) is 30.2 Å². The maximum absolute atomic E-state index is 5.44. The second kappa shape index (κ2) is 7.49. The summed E-state index contributed by atoms with van der Waals surface area (Å²) in [5, 5.41) is 3.28. The van der Waals surface area contributed by atoms with Gasteiger partial charge in [-0.1, -0.05) is 12.1 Å². The van der Waals surface area contributed by atoms with Crippen molar-refractivity contribution >= 4 is 22.9 Å². The molecule has 2 aromatic heterocycles. The zero-order valence-electron chi connectivity index (χ0n) is 14.6. The van der Waals surface area contributed by atoms with E-state index in [4.69, 9.17) is 14.5 Å². The lowest BCUT2D eigenvalue weighted by Crippen LogP contribution is -2.37. The summed E-state index contributed by atoms with van der Waals surface area (Å²) in [5.41, 5.74) is 2.41. The Morgan fingerprint density at radius 3 is 2.62 bits per heavy atom. The Balaban J connectivity index is 1.60. The molecule has 1 N–H and O–H groups in total. The molecular weight excluding hydrogens is 332 g/mol. The maximum Gasteiger partial charge on any atom is 0.227 e. The second-order valence-electron chi connectivity index (χ2n) is 5.90. The summed E-state index contributed by atoms with van der Waals surface area (Å²) in [6, 6.07) is 7.89. The summed E-state index contributed by atoms with van der Waals surface area (Å²) in [6.45, 7) is 3.53. The zero-order chi connectivity index (χ0) is 17.8. The third-order valence-electron chi connectivity index (χ3n) is 4.23. The molecule has 0 amide bonds. The van der Waals surface area contributed by atoms with Crippen molar-refractivity contribution in [2.24, 2.45) is 0 Å². The fourth-order valence-corrected chi connectivity index (χ4v) is 2.85. The average Bonchev–Trinajstić information content (AvgIpc) is 2.72. The van der Waals surface area contributed by atoms with Crippen molar-refractivity contribution in [2.75, 3.05) is 43.6 Å². The Labute approximate surface area is 151 Å². The monoisotopic (exact) mass is 352 g/mol. The third kappa shape index (κ3) is 3.50. The average molecular weight is 352 g/mol. The minimum Gasteiger partial charge on any atom is -0.497 e. The Kier molecular flexibility index (Phi) is 4.74. The van der Waals surface area contributed by atoms with Crippen LogP contribution in [0.5, 0.6) is 5.75 Å². The van der Waals surface area contributed by atoms with Crippen molar-refractivity contribution in [3.05, 3.63) is 42.2 Å². The van der Waals surface area contributed by atoms with Crippen LogP contribution in [-0.4, -0.2) is 53.3 Å². The number of nitrogens with one attached hydrogen (secondary N) is 1. The Morgan fingerprint density at radius 1 is 1.08 bits per heavy atom. The first-order chi connectivity index (χ1) is 12.8. The molecule has 0 spiro atoms. The van der Waals surface area contributed by atoms with Crippen LogP contribution >= 0.6 is 0 Å². The van der Waals surface area contributed by atoms with Gasteiger partial charge in [0.1, 0.15) is 5.75 Å². The van der Waals surface area contributed by atoms with E-state index < -0.39 is 0 Å². The standard InChI is InChI=1S/C18H20N6O2/c1-25-14-4-2-13(3-5-14)12-21-18-22-16-15(19-6-7-20-16)17(23-18)24-8-10-26-11-9-24/h2-7H,8-12H2,1H3,(H,20,21,22,23). The predicted octanol–water partition coefficient (Wildman–Crippen LogP) is 1.88. The van der Waals surface area contributed by atoms with Gasteiger partial charge in [-0.05, 0) is 17.7 Å². The molecule has 0 radical (unpaired) electrons. The van der Waals surface area contributed by atoms with Gasteiger partial charge in [0.05, 0.1) is 20.3 Å². The Bertz CT molecular complexity index is 880. The van der Waals surface area contributed by atoms with Crippen LogP contribution in [0.3, 0.4) is 0 Å². The number of rotatable bonds is 5. The molecule has 3 aromatic rings. The van der Waals surface area contributed by atoms with E-state index in [0.29, 0.717) is 36.9 Å². The van der Waals surface area contributed by atoms with Crippen molar-refractivity contribution in [3.8, 4) is 5.75 Å². The highest BCUT2D eigenvalue weighted by Crippen LogP contribution is 2.23. The summed E-state index contributed by atoms with van der Waals surface area (Å²) < 4.78 is 10.6. The van der Waals surface area contributed by atoms with Crippen LogP contribution < -0.4 is 15.0 Å². The van der Waals surface area contributed by atoms with Crippen LogP contribution in [0, 0.1) is 0 Å². The van der Waals surface area contributed by atoms with Crippen LogP contribution in [0.2, 0.25) is 0 Å². The summed E-state index contributed by atoms with van der Waals surface area (Å²) >= 11 is 0. The molecule has 1 saturated heterocycles. The molecule has 0 aliphatic carbocycles. The number of fused-ring (bicyclic) bond motifs is 1. The van der Waals surface area contributed by atoms with Crippen molar-refractivity contribution in [1.29, 1.82) is 0 Å². The van der Waals surface area contributed by atoms with Gasteiger partial charge in [0.2, 0.25) is 5.95 Å². The van der Waals surface area contributed by atoms with Gasteiger partial charge < -0.3 is 19.7 Å². The highest BCUT2D eigenvalue weighted by atomic mass is 16.5. The van der Waals surface area contributed by atoms with E-state index in [1.165, 1.54) is 0 Å². The van der Waals surface area contributed by atoms with E-state index in [2.05, 4.69) is 25.2 Å². The van der Waals surface area contributed by atoms with Crippen molar-refractivity contribution in [3.63, 3.8) is 0 Å². The normalized spacial score (nSPS) is 14.4. The second-order valence-corrected chi connectivity index (χ2v) is 5.90. The molecule has 1 aromatic carbocycles. The number of ether oxygens (including phenoxy) is 2. The van der Waals surface area contributed by atoms with Crippen LogP contribution in [0.15, 0.2) is 36.7 Å². The van der Waals surface area contributed by atoms with Gasteiger partial charge in [-0.25, -0.2) is 9.97 Å². The number of nitrogens with zero attached hydrogens (tertiary/aromatic N) is 5. The first kappa shape index (κ1) is 16.5. The van der Waals surface area contributed by atoms with Crippen molar-refractivity contribution in [1.82, 2.24) is 19.9 Å². The molecular formula is C18H20N6O2. The summed E-state index contributed by atoms with van der Waals surface area (Å²) in [4.78, 5) is 20.1. The van der Waals surface area contributed by atoms with E-state index in [-0.39, 0.29) is 0 Å². The topological polar surface area (TPSA) is 85.3 Å². The summed E-state index contributed by atoms with van der Waals surface area (Å²) in [5.74, 6) is 2.17. The molecule has 134 valence electrons. The highest BCUT2D eigenvalue weighted by Gasteiger charge is 2.18. The number of benzene rings is 1. The number of aromatic nitrogens is 4. The van der Waals surface area contributed by atoms with Crippen LogP contribution in [0.25, 0.3) is 11.2 Å². The van der Waals surface area contributed by atoms with Crippen molar-refractivity contribution < 1.29 is 9.47 Å². The number of anilines is 2. The Morgan fingerprint density at radius 2 is 1.85 bits per heavy atom. The zero-order valence-corrected chi connectivity index (χ0v) is 14.6.